The first-order valence-electron chi connectivity index (χ1n) is 9.16. The van der Waals surface area contributed by atoms with Gasteiger partial charge in [-0.25, -0.2) is 4.98 Å². The van der Waals surface area contributed by atoms with Crippen LogP contribution >= 0.6 is 0 Å². The summed E-state index contributed by atoms with van der Waals surface area (Å²) >= 11 is 0. The van der Waals surface area contributed by atoms with Crippen LogP contribution in [-0.4, -0.2) is 19.6 Å². The molecule has 0 atom stereocenters. The van der Waals surface area contributed by atoms with Crippen LogP contribution in [0.4, 0.5) is 0 Å². The van der Waals surface area contributed by atoms with Crippen molar-refractivity contribution in [1.29, 1.82) is 0 Å². The van der Waals surface area contributed by atoms with Gasteiger partial charge in [0.2, 0.25) is 0 Å². The average Bonchev–Trinajstić information content (AvgIpc) is 3.50. The van der Waals surface area contributed by atoms with Crippen molar-refractivity contribution in [2.24, 2.45) is 0 Å². The maximum atomic E-state index is 13.0. The molecule has 2 aliphatic heterocycles. The number of nitrogens with zero attached hydrogens (tertiary/aromatic N) is 2. The van der Waals surface area contributed by atoms with Gasteiger partial charge in [0.05, 0.1) is 11.4 Å². The van der Waals surface area contributed by atoms with E-state index in [2.05, 4.69) is 9.97 Å². The topological polar surface area (TPSA) is 70.9 Å². The second kappa shape index (κ2) is 6.13. The Morgan fingerprint density at radius 2 is 1.81 bits per heavy atom. The summed E-state index contributed by atoms with van der Waals surface area (Å²) in [6.07, 6.45) is 4.55. The van der Waals surface area contributed by atoms with E-state index in [0.717, 1.165) is 41.2 Å². The van der Waals surface area contributed by atoms with Gasteiger partial charge in [0.25, 0.3) is 5.56 Å². The molecule has 0 bridgehead atoms. The van der Waals surface area contributed by atoms with Gasteiger partial charge in [-0.1, -0.05) is 42.5 Å². The summed E-state index contributed by atoms with van der Waals surface area (Å²) in [5.41, 5.74) is 4.43. The van der Waals surface area contributed by atoms with Crippen LogP contribution < -0.4 is 5.56 Å². The van der Waals surface area contributed by atoms with E-state index in [1.807, 2.05) is 48.7 Å². The molecule has 27 heavy (non-hydrogen) atoms. The lowest BCUT2D eigenvalue weighted by molar-refractivity contribution is 0.475. The zero-order valence-corrected chi connectivity index (χ0v) is 14.7. The zero-order valence-electron chi connectivity index (χ0n) is 14.7. The van der Waals surface area contributed by atoms with Crippen LogP contribution in [0, 0.1) is 0 Å². The van der Waals surface area contributed by atoms with E-state index in [1.165, 1.54) is 0 Å². The highest BCUT2D eigenvalue weighted by Crippen LogP contribution is 2.42. The van der Waals surface area contributed by atoms with E-state index in [-0.39, 0.29) is 11.3 Å². The van der Waals surface area contributed by atoms with Crippen LogP contribution in [0.15, 0.2) is 65.6 Å². The number of imidazole rings is 1. The number of hydrogen-bond acceptors (Lipinski definition) is 3. The Hall–Kier alpha value is -3.34. The smallest absolute Gasteiger partial charge is 0.278 e. The lowest BCUT2D eigenvalue weighted by Crippen LogP contribution is -2.17. The molecule has 2 heterocycles. The highest BCUT2D eigenvalue weighted by atomic mass is 16.3. The summed E-state index contributed by atoms with van der Waals surface area (Å²) < 4.78 is 1.68. The Morgan fingerprint density at radius 1 is 1.07 bits per heavy atom. The molecule has 3 aliphatic rings. The standard InChI is InChI=1S/C22H19N3O2/c26-17-10-6-14(7-11-17)12-18-22(27)25-13-19(15-4-2-1-3-5-15)23-20(16-8-9-16)21(25)24-18/h1-7,10-11,13,16,23,26H,8-9,12H2. The third kappa shape index (κ3) is 2.91. The summed E-state index contributed by atoms with van der Waals surface area (Å²) in [6.45, 7) is 0. The Balaban J connectivity index is 1.64. The third-order valence-electron chi connectivity index (χ3n) is 5.08. The number of hydrogen-bond donors (Lipinski definition) is 2. The molecule has 5 rings (SSSR count). The second-order valence-electron chi connectivity index (χ2n) is 7.12. The van der Waals surface area contributed by atoms with Crippen molar-refractivity contribution >= 4 is 0 Å². The molecule has 0 saturated heterocycles. The van der Waals surface area contributed by atoms with Gasteiger partial charge in [-0.2, -0.15) is 0 Å². The van der Waals surface area contributed by atoms with Crippen LogP contribution in [-0.2, 0) is 6.42 Å². The number of aromatic nitrogens is 3. The van der Waals surface area contributed by atoms with Crippen molar-refractivity contribution in [1.82, 2.24) is 14.5 Å². The summed E-state index contributed by atoms with van der Waals surface area (Å²) in [5.74, 6) is 1.39. The molecule has 2 aromatic carbocycles. The molecule has 0 unspecified atom stereocenters. The van der Waals surface area contributed by atoms with Crippen LogP contribution in [0.25, 0.3) is 17.1 Å². The molecule has 1 fully saturated rings. The molecule has 0 amide bonds. The Kier molecular flexibility index (Phi) is 3.60. The van der Waals surface area contributed by atoms with E-state index in [1.54, 1.807) is 16.7 Å². The Bertz CT molecular complexity index is 1120. The molecule has 0 radical (unpaired) electrons. The van der Waals surface area contributed by atoms with Gasteiger partial charge in [0.15, 0.2) is 5.82 Å². The number of phenolic OH excluding ortho intramolecular Hbond substituents is 1. The zero-order chi connectivity index (χ0) is 18.4. The summed E-state index contributed by atoms with van der Waals surface area (Å²) in [4.78, 5) is 21.2. The molecule has 1 aliphatic carbocycles. The van der Waals surface area contributed by atoms with E-state index < -0.39 is 0 Å². The molecule has 2 aromatic rings. The first-order chi connectivity index (χ1) is 13.2. The highest BCUT2D eigenvalue weighted by Gasteiger charge is 2.31. The second-order valence-corrected chi connectivity index (χ2v) is 7.12. The van der Waals surface area contributed by atoms with Crippen molar-refractivity contribution in [3.8, 4) is 22.8 Å². The van der Waals surface area contributed by atoms with E-state index in [0.29, 0.717) is 18.0 Å². The van der Waals surface area contributed by atoms with E-state index in [4.69, 9.17) is 0 Å². The van der Waals surface area contributed by atoms with Crippen LogP contribution in [0.2, 0.25) is 0 Å². The molecule has 1 saturated carbocycles. The molecule has 5 nitrogen and oxygen atoms in total. The fraction of sp³-hybridized carbons (Fsp3) is 0.182. The minimum absolute atomic E-state index is 0.0776. The van der Waals surface area contributed by atoms with E-state index >= 15 is 0 Å². The van der Waals surface area contributed by atoms with Crippen molar-refractivity contribution in [2.45, 2.75) is 25.2 Å². The minimum Gasteiger partial charge on any atom is -0.508 e. The van der Waals surface area contributed by atoms with Gasteiger partial charge >= 0.3 is 0 Å². The van der Waals surface area contributed by atoms with Gasteiger partial charge in [-0.05, 0) is 36.1 Å². The predicted octanol–water partition coefficient (Wildman–Crippen LogP) is 3.84. The van der Waals surface area contributed by atoms with Gasteiger partial charge < -0.3 is 10.1 Å². The number of aromatic hydroxyl groups is 1. The van der Waals surface area contributed by atoms with Crippen molar-refractivity contribution in [3.63, 3.8) is 0 Å². The molecule has 2 N–H and O–H groups in total. The number of H-pyrrole nitrogens is 1. The van der Waals surface area contributed by atoms with Gasteiger partial charge in [-0.3, -0.25) is 9.36 Å². The number of phenols is 1. The predicted molar refractivity (Wildman–Crippen MR) is 104 cm³/mol. The van der Waals surface area contributed by atoms with Crippen molar-refractivity contribution in [2.75, 3.05) is 0 Å². The van der Waals surface area contributed by atoms with Crippen molar-refractivity contribution in [3.05, 3.63) is 88.1 Å². The summed E-state index contributed by atoms with van der Waals surface area (Å²) in [6, 6.07) is 16.9. The number of fused-ring (bicyclic) bond motifs is 1. The van der Waals surface area contributed by atoms with Gasteiger partial charge in [0.1, 0.15) is 11.4 Å². The normalized spacial score (nSPS) is 13.9. The molecule has 0 spiro atoms. The molecule has 5 heteroatoms. The van der Waals surface area contributed by atoms with E-state index in [9.17, 15) is 9.90 Å². The molecule has 0 aromatic heterocycles. The summed E-state index contributed by atoms with van der Waals surface area (Å²) in [7, 11) is 0. The van der Waals surface area contributed by atoms with Crippen molar-refractivity contribution < 1.29 is 5.11 Å². The monoisotopic (exact) mass is 357 g/mol. The first kappa shape index (κ1) is 15.9. The molecular formula is C22H19N3O2. The minimum atomic E-state index is -0.0776. The highest BCUT2D eigenvalue weighted by molar-refractivity contribution is 5.60. The Morgan fingerprint density at radius 3 is 2.52 bits per heavy atom. The quantitative estimate of drug-likeness (QED) is 0.583. The van der Waals surface area contributed by atoms with Crippen LogP contribution in [0.5, 0.6) is 5.75 Å². The fourth-order valence-corrected chi connectivity index (χ4v) is 3.48. The maximum absolute atomic E-state index is 13.0. The fourth-order valence-electron chi connectivity index (χ4n) is 3.48. The molecule has 134 valence electrons. The summed E-state index contributed by atoms with van der Waals surface area (Å²) in [5, 5.41) is 9.45. The lowest BCUT2D eigenvalue weighted by Gasteiger charge is -2.12. The number of aromatic amines is 1. The number of nitrogens with one attached hydrogen (secondary N) is 1. The largest absolute Gasteiger partial charge is 0.508 e. The van der Waals surface area contributed by atoms with Crippen LogP contribution in [0.1, 0.15) is 35.7 Å². The first-order valence-corrected chi connectivity index (χ1v) is 9.16. The number of rotatable bonds is 4. The Labute approximate surface area is 156 Å². The number of benzene rings is 2. The van der Waals surface area contributed by atoms with Gasteiger partial charge in [0, 0.05) is 18.5 Å². The molecular weight excluding hydrogens is 338 g/mol. The van der Waals surface area contributed by atoms with Crippen LogP contribution in [0.3, 0.4) is 0 Å². The average molecular weight is 357 g/mol. The third-order valence-corrected chi connectivity index (χ3v) is 5.08. The van der Waals surface area contributed by atoms with Gasteiger partial charge in [-0.15, -0.1) is 0 Å². The lowest BCUT2D eigenvalue weighted by atomic mass is 10.1. The SMILES string of the molecule is O=c1c(Cc2ccc(O)cc2)nc2c(C3CC3)[nH]c(-c3ccccc3)cn1-2. The maximum Gasteiger partial charge on any atom is 0.278 e.